The maximum atomic E-state index is 12.9. The van der Waals surface area contributed by atoms with Gasteiger partial charge in [0.15, 0.2) is 0 Å². The average molecular weight is 573 g/mol. The van der Waals surface area contributed by atoms with Crippen LogP contribution in [0.5, 0.6) is 0 Å². The van der Waals surface area contributed by atoms with Gasteiger partial charge in [0.05, 0.1) is 5.60 Å². The van der Waals surface area contributed by atoms with Crippen LogP contribution in [0.2, 0.25) is 0 Å². The number of hydrogen-bond acceptors (Lipinski definition) is 7. The van der Waals surface area contributed by atoms with Crippen molar-refractivity contribution in [3.05, 3.63) is 23.3 Å². The van der Waals surface area contributed by atoms with Gasteiger partial charge in [-0.15, -0.1) is 0 Å². The lowest BCUT2D eigenvalue weighted by atomic mass is 9.39. The molecule has 4 aliphatic rings. The van der Waals surface area contributed by atoms with Crippen LogP contribution in [0.1, 0.15) is 114 Å². The topological polar surface area (TPSA) is 99.1 Å². The predicted octanol–water partition coefficient (Wildman–Crippen LogP) is 6.47. The quantitative estimate of drug-likeness (QED) is 0.212. The fourth-order valence-electron chi connectivity index (χ4n) is 9.56. The molecule has 0 radical (unpaired) electrons. The molecule has 2 saturated carbocycles. The number of carbonyl (C=O) groups excluding carboxylic acids is 3. The highest BCUT2D eigenvalue weighted by atomic mass is 16.6. The summed E-state index contributed by atoms with van der Waals surface area (Å²) in [6.45, 7) is 17.5. The van der Waals surface area contributed by atoms with Gasteiger partial charge in [-0.3, -0.25) is 14.4 Å². The van der Waals surface area contributed by atoms with Crippen LogP contribution in [-0.2, 0) is 28.6 Å². The average Bonchev–Trinajstić information content (AvgIpc) is 3.15. The van der Waals surface area contributed by atoms with Gasteiger partial charge in [0.1, 0.15) is 18.3 Å². The predicted molar refractivity (Wildman–Crippen MR) is 157 cm³/mol. The summed E-state index contributed by atoms with van der Waals surface area (Å²) >= 11 is 0. The summed E-state index contributed by atoms with van der Waals surface area (Å²) in [7, 11) is 0. The molecule has 0 aromatic carbocycles. The van der Waals surface area contributed by atoms with Crippen LogP contribution < -0.4 is 0 Å². The molecule has 230 valence electrons. The van der Waals surface area contributed by atoms with Crippen LogP contribution in [0.25, 0.3) is 0 Å². The molecule has 0 aromatic heterocycles. The zero-order valence-corrected chi connectivity index (χ0v) is 26.7. The first kappa shape index (κ1) is 31.8. The van der Waals surface area contributed by atoms with Crippen molar-refractivity contribution in [2.24, 2.45) is 34.0 Å². The molecule has 0 aromatic rings. The Labute approximate surface area is 246 Å². The summed E-state index contributed by atoms with van der Waals surface area (Å²) in [6.07, 6.45) is 10.2. The number of esters is 3. The minimum atomic E-state index is -0.927. The van der Waals surface area contributed by atoms with Gasteiger partial charge >= 0.3 is 17.9 Å². The molecular formula is C34H52O7. The molecule has 3 fully saturated rings. The standard InChI is InChI=1S/C34H52O7/c1-21(11-10-16-30(4,5)38)24-14-17-32(8)25(24)12-13-26-33(32,9)28(40-23(3)36)19-27-31(6,7)41-29(37)15-18-34(26,27)20-39-22(2)35/h11,19,24-26,28,38H,10,12-18,20H2,1-9H3. The fourth-order valence-corrected chi connectivity index (χ4v) is 9.56. The Morgan fingerprint density at radius 2 is 1.76 bits per heavy atom. The van der Waals surface area contributed by atoms with Crippen LogP contribution in [0.15, 0.2) is 23.3 Å². The number of ether oxygens (including phenoxy) is 3. The van der Waals surface area contributed by atoms with E-state index in [1.54, 1.807) is 0 Å². The molecular weight excluding hydrogens is 520 g/mol. The van der Waals surface area contributed by atoms with Gasteiger partial charge in [-0.1, -0.05) is 25.5 Å². The second-order valence-corrected chi connectivity index (χ2v) is 14.9. The molecule has 0 spiro atoms. The van der Waals surface area contributed by atoms with Crippen molar-refractivity contribution < 1.29 is 33.7 Å². The Morgan fingerprint density at radius 3 is 2.37 bits per heavy atom. The number of carbonyl (C=O) groups is 3. The summed E-state index contributed by atoms with van der Waals surface area (Å²) in [6, 6.07) is 0. The van der Waals surface area contributed by atoms with Gasteiger partial charge in [0.25, 0.3) is 0 Å². The summed E-state index contributed by atoms with van der Waals surface area (Å²) < 4.78 is 18.0. The maximum absolute atomic E-state index is 12.9. The van der Waals surface area contributed by atoms with Crippen LogP contribution in [0, 0.1) is 34.0 Å². The lowest BCUT2D eigenvalue weighted by Crippen LogP contribution is -2.65. The van der Waals surface area contributed by atoms with Gasteiger partial charge in [-0.2, -0.15) is 0 Å². The SMILES string of the molecule is CC(=O)OCC12CCC(=O)OC(C)(C)C1=CC(OC(C)=O)C1(C)C2CCC2C(C(C)=CCCC(C)(C)O)CCC21C. The van der Waals surface area contributed by atoms with Gasteiger partial charge < -0.3 is 19.3 Å². The van der Waals surface area contributed by atoms with Gasteiger partial charge in [-0.25, -0.2) is 0 Å². The third-order valence-electron chi connectivity index (χ3n) is 11.5. The zero-order chi connectivity index (χ0) is 30.6. The van der Waals surface area contributed by atoms with E-state index in [1.807, 2.05) is 27.7 Å². The number of cyclic esters (lactones) is 1. The highest BCUT2D eigenvalue weighted by molar-refractivity contribution is 5.72. The summed E-state index contributed by atoms with van der Waals surface area (Å²) in [5.41, 5.74) is -0.533. The minimum Gasteiger partial charge on any atom is -0.465 e. The maximum Gasteiger partial charge on any atom is 0.306 e. The van der Waals surface area contributed by atoms with Crippen molar-refractivity contribution >= 4 is 17.9 Å². The first-order valence-electron chi connectivity index (χ1n) is 15.5. The first-order valence-corrected chi connectivity index (χ1v) is 15.5. The van der Waals surface area contributed by atoms with Crippen LogP contribution >= 0.6 is 0 Å². The molecule has 3 aliphatic carbocycles. The van der Waals surface area contributed by atoms with E-state index in [9.17, 15) is 19.5 Å². The molecule has 1 heterocycles. The third-order valence-corrected chi connectivity index (χ3v) is 11.5. The summed E-state index contributed by atoms with van der Waals surface area (Å²) in [5, 5.41) is 10.2. The largest absolute Gasteiger partial charge is 0.465 e. The van der Waals surface area contributed by atoms with E-state index in [1.165, 1.54) is 19.4 Å². The second-order valence-electron chi connectivity index (χ2n) is 14.9. The molecule has 1 aliphatic heterocycles. The Kier molecular flexibility index (Phi) is 8.40. The molecule has 1 saturated heterocycles. The van der Waals surface area contributed by atoms with Crippen molar-refractivity contribution in [2.45, 2.75) is 131 Å². The number of rotatable bonds is 7. The van der Waals surface area contributed by atoms with E-state index in [0.717, 1.165) is 44.1 Å². The third kappa shape index (κ3) is 5.52. The number of aliphatic hydroxyl groups is 1. The summed E-state index contributed by atoms with van der Waals surface area (Å²) in [5.74, 6) is -0.0894. The molecule has 7 unspecified atom stereocenters. The lowest BCUT2D eigenvalue weighted by molar-refractivity contribution is -0.203. The van der Waals surface area contributed by atoms with Crippen LogP contribution in [0.4, 0.5) is 0 Å². The van der Waals surface area contributed by atoms with Gasteiger partial charge in [-0.05, 0) is 114 Å². The van der Waals surface area contributed by atoms with E-state index < -0.39 is 28.1 Å². The Morgan fingerprint density at radius 1 is 1.07 bits per heavy atom. The monoisotopic (exact) mass is 572 g/mol. The van der Waals surface area contributed by atoms with E-state index in [2.05, 4.69) is 32.9 Å². The van der Waals surface area contributed by atoms with Crippen molar-refractivity contribution in [1.82, 2.24) is 0 Å². The van der Waals surface area contributed by atoms with Crippen molar-refractivity contribution in [1.29, 1.82) is 0 Å². The molecule has 41 heavy (non-hydrogen) atoms. The van der Waals surface area contributed by atoms with Crippen LogP contribution in [-0.4, -0.2) is 46.9 Å². The van der Waals surface area contributed by atoms with Gasteiger partial charge in [0, 0.05) is 31.1 Å². The van der Waals surface area contributed by atoms with Crippen molar-refractivity contribution in [3.8, 4) is 0 Å². The number of hydrogen-bond donors (Lipinski definition) is 1. The molecule has 0 amide bonds. The zero-order valence-electron chi connectivity index (χ0n) is 26.7. The van der Waals surface area contributed by atoms with Crippen LogP contribution in [0.3, 0.4) is 0 Å². The highest BCUT2D eigenvalue weighted by Crippen LogP contribution is 2.73. The smallest absolute Gasteiger partial charge is 0.306 e. The molecule has 7 heteroatoms. The molecule has 7 nitrogen and oxygen atoms in total. The number of allylic oxidation sites excluding steroid dienone is 2. The van der Waals surface area contributed by atoms with Crippen molar-refractivity contribution in [2.75, 3.05) is 6.61 Å². The highest BCUT2D eigenvalue weighted by Gasteiger charge is 2.71. The van der Waals surface area contributed by atoms with Crippen molar-refractivity contribution in [3.63, 3.8) is 0 Å². The van der Waals surface area contributed by atoms with E-state index in [0.29, 0.717) is 18.3 Å². The minimum absolute atomic E-state index is 0.0203. The molecule has 1 N–H and O–H groups in total. The Bertz CT molecular complexity index is 1130. The Balaban J connectivity index is 1.84. The molecule has 0 bridgehead atoms. The van der Waals surface area contributed by atoms with E-state index in [4.69, 9.17) is 14.2 Å². The molecule has 4 rings (SSSR count). The lowest BCUT2D eigenvalue weighted by Gasteiger charge is -2.66. The second kappa shape index (κ2) is 10.8. The normalized spacial score (nSPS) is 38.4. The first-order chi connectivity index (χ1) is 18.9. The van der Waals surface area contributed by atoms with E-state index >= 15 is 0 Å². The Hall–Kier alpha value is -2.15. The van der Waals surface area contributed by atoms with Gasteiger partial charge in [0.2, 0.25) is 0 Å². The molecule has 7 atom stereocenters. The van der Waals surface area contributed by atoms with E-state index in [-0.39, 0.29) is 42.3 Å². The number of fused-ring (bicyclic) bond motifs is 5. The fraction of sp³-hybridized carbons (Fsp3) is 0.794. The summed E-state index contributed by atoms with van der Waals surface area (Å²) in [4.78, 5) is 37.7.